The molecule has 0 aliphatic carbocycles. The van der Waals surface area contributed by atoms with Crippen LogP contribution in [-0.2, 0) is 4.57 Å². The molecule has 0 aliphatic heterocycles. The quantitative estimate of drug-likeness (QED) is 0.664. The number of anilines is 2. The smallest absolute Gasteiger partial charge is 0.0681 e. The van der Waals surface area contributed by atoms with Gasteiger partial charge in [0.25, 0.3) is 0 Å². The van der Waals surface area contributed by atoms with Gasteiger partial charge < -0.3 is 16.0 Å². The highest BCUT2D eigenvalue weighted by Crippen LogP contribution is 2.31. The van der Waals surface area contributed by atoms with E-state index in [1.54, 1.807) is 0 Å². The van der Waals surface area contributed by atoms with E-state index in [2.05, 4.69) is 0 Å². The summed E-state index contributed by atoms with van der Waals surface area (Å²) >= 11 is 0. The Morgan fingerprint density at radius 1 is 0.947 bits per heavy atom. The first-order valence-corrected chi connectivity index (χ1v) is 7.36. The van der Waals surface area contributed by atoms with E-state index in [0.29, 0.717) is 17.5 Å². The molecule has 0 radical (unpaired) electrons. The Kier molecular flexibility index (Phi) is 4.43. The number of para-hydroxylation sites is 2. The van der Waals surface area contributed by atoms with Crippen molar-refractivity contribution in [2.45, 2.75) is 0 Å². The second-order valence-electron chi connectivity index (χ2n) is 4.19. The van der Waals surface area contributed by atoms with Crippen LogP contribution in [0.25, 0.3) is 5.57 Å². The van der Waals surface area contributed by atoms with E-state index in [9.17, 15) is 4.57 Å². The van der Waals surface area contributed by atoms with Crippen molar-refractivity contribution in [3.05, 3.63) is 65.7 Å². The van der Waals surface area contributed by atoms with Crippen molar-refractivity contribution in [1.29, 1.82) is 0 Å². The molecular weight excluding hydrogens is 255 g/mol. The van der Waals surface area contributed by atoms with E-state index in [0.717, 1.165) is 16.7 Å². The first-order chi connectivity index (χ1) is 9.24. The molecule has 4 N–H and O–H groups in total. The third kappa shape index (κ3) is 3.07. The van der Waals surface area contributed by atoms with Crippen LogP contribution < -0.4 is 11.5 Å². The zero-order chi connectivity index (χ0) is 13.7. The van der Waals surface area contributed by atoms with Crippen molar-refractivity contribution in [2.75, 3.05) is 17.6 Å². The maximum atomic E-state index is 10.8. The molecule has 2 aromatic carbocycles. The summed E-state index contributed by atoms with van der Waals surface area (Å²) in [5.41, 5.74) is 16.2. The van der Waals surface area contributed by atoms with Crippen molar-refractivity contribution in [2.24, 2.45) is 0 Å². The summed E-state index contributed by atoms with van der Waals surface area (Å²) in [5.74, 6) is 0. The average molecular weight is 272 g/mol. The molecule has 19 heavy (non-hydrogen) atoms. The molecule has 2 aromatic rings. The lowest BCUT2D eigenvalue weighted by atomic mass is 9.95. The summed E-state index contributed by atoms with van der Waals surface area (Å²) < 4.78 is 10.8. The standard InChI is InChI=1S/C15H17N2OP/c16-14-7-3-1-5-12(14)11(9-10-19-18)13-6-2-4-8-15(13)17/h1-9H,10,16-17,19H2. The molecule has 0 spiro atoms. The van der Waals surface area contributed by atoms with Gasteiger partial charge in [-0.15, -0.1) is 0 Å². The lowest BCUT2D eigenvalue weighted by molar-refractivity contribution is 0.600. The number of hydrogen-bond acceptors (Lipinski definition) is 3. The maximum absolute atomic E-state index is 10.8. The summed E-state index contributed by atoms with van der Waals surface area (Å²) in [7, 11) is -0.823. The number of rotatable bonds is 4. The van der Waals surface area contributed by atoms with Crippen molar-refractivity contribution < 1.29 is 4.57 Å². The average Bonchev–Trinajstić information content (AvgIpc) is 2.42. The molecule has 3 nitrogen and oxygen atoms in total. The minimum absolute atomic E-state index is 0.540. The maximum Gasteiger partial charge on any atom is 0.0681 e. The molecule has 98 valence electrons. The van der Waals surface area contributed by atoms with Crippen molar-refractivity contribution in [1.82, 2.24) is 0 Å². The predicted octanol–water partition coefficient (Wildman–Crippen LogP) is 3.04. The molecule has 0 aliphatic rings. The summed E-state index contributed by atoms with van der Waals surface area (Å²) in [5, 5.41) is 0. The Bertz CT molecular complexity index is 576. The number of benzene rings is 2. The second kappa shape index (κ2) is 6.26. The van der Waals surface area contributed by atoms with Crippen molar-refractivity contribution in [3.63, 3.8) is 0 Å². The Hall–Kier alpha value is -1.99. The Morgan fingerprint density at radius 3 is 1.84 bits per heavy atom. The summed E-state index contributed by atoms with van der Waals surface area (Å²) in [6, 6.07) is 15.3. The number of nitrogens with two attached hydrogens (primary N) is 2. The molecular formula is C15H17N2OP. The van der Waals surface area contributed by atoms with Gasteiger partial charge in [-0.25, -0.2) is 0 Å². The highest BCUT2D eigenvalue weighted by atomic mass is 31.1. The summed E-state index contributed by atoms with van der Waals surface area (Å²) in [6.45, 7) is 0. The van der Waals surface area contributed by atoms with E-state index < -0.39 is 8.46 Å². The third-order valence-electron chi connectivity index (χ3n) is 2.92. The van der Waals surface area contributed by atoms with Crippen LogP contribution in [0.1, 0.15) is 11.1 Å². The monoisotopic (exact) mass is 272 g/mol. The van der Waals surface area contributed by atoms with Gasteiger partial charge in [0.05, 0.1) is 8.46 Å². The van der Waals surface area contributed by atoms with Gasteiger partial charge in [0.2, 0.25) is 0 Å². The predicted molar refractivity (Wildman–Crippen MR) is 84.1 cm³/mol. The van der Waals surface area contributed by atoms with Gasteiger partial charge in [0, 0.05) is 28.7 Å². The van der Waals surface area contributed by atoms with Crippen molar-refractivity contribution in [3.8, 4) is 0 Å². The van der Waals surface area contributed by atoms with E-state index in [1.165, 1.54) is 0 Å². The molecule has 0 heterocycles. The fraction of sp³-hybridized carbons (Fsp3) is 0.0667. The van der Waals surface area contributed by atoms with Crippen LogP contribution in [0.4, 0.5) is 11.4 Å². The lowest BCUT2D eigenvalue weighted by Gasteiger charge is -2.13. The Labute approximate surface area is 114 Å². The highest BCUT2D eigenvalue weighted by molar-refractivity contribution is 7.23. The van der Waals surface area contributed by atoms with E-state index in [4.69, 9.17) is 11.5 Å². The SMILES string of the molecule is Nc1ccccc1C(=CC[PH2]=O)c1ccccc1N. The van der Waals surface area contributed by atoms with Crippen LogP contribution in [0.15, 0.2) is 54.6 Å². The minimum Gasteiger partial charge on any atom is -0.398 e. The van der Waals surface area contributed by atoms with Gasteiger partial charge in [-0.1, -0.05) is 42.5 Å². The Morgan fingerprint density at radius 2 is 1.42 bits per heavy atom. The molecule has 0 saturated heterocycles. The van der Waals surface area contributed by atoms with Crippen LogP contribution in [0, 0.1) is 0 Å². The highest BCUT2D eigenvalue weighted by Gasteiger charge is 2.10. The van der Waals surface area contributed by atoms with Gasteiger partial charge in [0.1, 0.15) is 0 Å². The zero-order valence-electron chi connectivity index (χ0n) is 10.5. The van der Waals surface area contributed by atoms with Crippen LogP contribution in [0.2, 0.25) is 0 Å². The second-order valence-corrected chi connectivity index (χ2v) is 5.00. The zero-order valence-corrected chi connectivity index (χ0v) is 11.7. The van der Waals surface area contributed by atoms with Gasteiger partial charge in [-0.3, -0.25) is 0 Å². The van der Waals surface area contributed by atoms with Crippen LogP contribution in [0.5, 0.6) is 0 Å². The molecule has 0 fully saturated rings. The first-order valence-electron chi connectivity index (χ1n) is 6.07. The summed E-state index contributed by atoms with van der Waals surface area (Å²) in [4.78, 5) is 0. The number of nitrogen functional groups attached to an aromatic ring is 2. The molecule has 0 aromatic heterocycles. The summed E-state index contributed by atoms with van der Waals surface area (Å²) in [6.07, 6.45) is 2.48. The van der Waals surface area contributed by atoms with Crippen molar-refractivity contribution >= 4 is 25.4 Å². The number of hydrogen-bond donors (Lipinski definition) is 2. The van der Waals surface area contributed by atoms with Crippen LogP contribution in [-0.4, -0.2) is 6.16 Å². The molecule has 0 bridgehead atoms. The fourth-order valence-corrected chi connectivity index (χ4v) is 2.35. The van der Waals surface area contributed by atoms with E-state index >= 15 is 0 Å². The van der Waals surface area contributed by atoms with Gasteiger partial charge >= 0.3 is 0 Å². The van der Waals surface area contributed by atoms with Crippen LogP contribution in [0.3, 0.4) is 0 Å². The fourth-order valence-electron chi connectivity index (χ4n) is 2.02. The van der Waals surface area contributed by atoms with E-state index in [-0.39, 0.29) is 0 Å². The van der Waals surface area contributed by atoms with Gasteiger partial charge in [-0.2, -0.15) is 0 Å². The minimum atomic E-state index is -0.823. The molecule has 0 saturated carbocycles. The topological polar surface area (TPSA) is 69.1 Å². The third-order valence-corrected chi connectivity index (χ3v) is 3.35. The number of allylic oxidation sites excluding steroid dienone is 1. The normalized spacial score (nSPS) is 10.7. The molecule has 2 rings (SSSR count). The van der Waals surface area contributed by atoms with Gasteiger partial charge in [0.15, 0.2) is 0 Å². The van der Waals surface area contributed by atoms with Gasteiger partial charge in [-0.05, 0) is 17.7 Å². The molecule has 0 amide bonds. The first kappa shape index (κ1) is 13.4. The lowest BCUT2D eigenvalue weighted by Crippen LogP contribution is -1.99. The Balaban J connectivity index is 2.58. The van der Waals surface area contributed by atoms with E-state index in [1.807, 2.05) is 54.6 Å². The molecule has 1 unspecified atom stereocenters. The molecule has 1 atom stereocenters. The largest absolute Gasteiger partial charge is 0.398 e. The molecule has 4 heteroatoms. The van der Waals surface area contributed by atoms with Crippen LogP contribution >= 0.6 is 8.46 Å².